The molecule has 1 aromatic rings. The van der Waals surface area contributed by atoms with Crippen LogP contribution < -0.4 is 10.1 Å². The molecule has 0 radical (unpaired) electrons. The van der Waals surface area contributed by atoms with E-state index in [9.17, 15) is 9.59 Å². The zero-order chi connectivity index (χ0) is 15.5. The molecule has 110 valence electrons. The third kappa shape index (κ3) is 2.97. The minimum Gasteiger partial charge on any atom is -0.492 e. The first-order valence-electron chi connectivity index (χ1n) is 6.77. The normalized spacial score (nSPS) is 21.1. The number of carbonyl (C=O) groups excluding carboxylic acids is 2. The lowest BCUT2D eigenvalue weighted by Crippen LogP contribution is -2.43. The van der Waals surface area contributed by atoms with Gasteiger partial charge in [-0.25, -0.2) is 4.79 Å². The molecule has 0 saturated carbocycles. The van der Waals surface area contributed by atoms with Crippen molar-refractivity contribution in [1.82, 2.24) is 10.2 Å². The molecule has 0 aromatic heterocycles. The number of nitrogens with zero attached hydrogens (tertiary/aromatic N) is 2. The maximum atomic E-state index is 12.1. The summed E-state index contributed by atoms with van der Waals surface area (Å²) in [5.74, 6) is 0.373. The second-order valence-corrected chi connectivity index (χ2v) is 5.06. The highest BCUT2D eigenvalue weighted by atomic mass is 16.5. The number of nitrogens with one attached hydrogen (secondary N) is 1. The number of amides is 3. The summed E-state index contributed by atoms with van der Waals surface area (Å²) in [6.07, 6.45) is 0.546. The Labute approximate surface area is 123 Å². The van der Waals surface area contributed by atoms with Crippen LogP contribution in [0.3, 0.4) is 0 Å². The summed E-state index contributed by atoms with van der Waals surface area (Å²) >= 11 is 0. The maximum absolute atomic E-state index is 12.1. The van der Waals surface area contributed by atoms with Gasteiger partial charge in [0.05, 0.1) is 18.2 Å². The van der Waals surface area contributed by atoms with E-state index in [1.165, 1.54) is 4.90 Å². The van der Waals surface area contributed by atoms with Crippen molar-refractivity contribution in [3.63, 3.8) is 0 Å². The van der Waals surface area contributed by atoms with Crippen molar-refractivity contribution in [3.05, 3.63) is 29.8 Å². The lowest BCUT2D eigenvalue weighted by molar-refractivity contribution is -0.131. The number of ether oxygens (including phenoxy) is 1. The minimum absolute atomic E-state index is 0.195. The predicted octanol–water partition coefficient (Wildman–Crippen LogP) is 1.66. The Morgan fingerprint density at radius 2 is 2.00 bits per heavy atom. The number of hydrogen-bond acceptors (Lipinski definition) is 4. The van der Waals surface area contributed by atoms with E-state index in [0.29, 0.717) is 17.7 Å². The summed E-state index contributed by atoms with van der Waals surface area (Å²) in [6, 6.07) is 8.30. The zero-order valence-electron chi connectivity index (χ0n) is 12.0. The van der Waals surface area contributed by atoms with Gasteiger partial charge in [0.15, 0.2) is 0 Å². The molecular weight excluding hydrogens is 270 g/mol. The van der Waals surface area contributed by atoms with Gasteiger partial charge in [-0.05, 0) is 37.6 Å². The zero-order valence-corrected chi connectivity index (χ0v) is 12.0. The molecule has 2 rings (SSSR count). The van der Waals surface area contributed by atoms with Gasteiger partial charge in [0.1, 0.15) is 17.9 Å². The molecule has 1 aliphatic rings. The Bertz CT molecular complexity index is 591. The molecule has 0 spiro atoms. The summed E-state index contributed by atoms with van der Waals surface area (Å²) in [6.45, 7) is 3.98. The molecular formula is C15H17N3O3. The number of carbonyl (C=O) groups is 2. The third-order valence-corrected chi connectivity index (χ3v) is 3.62. The monoisotopic (exact) mass is 287 g/mol. The first-order valence-corrected chi connectivity index (χ1v) is 6.77. The highest BCUT2D eigenvalue weighted by molar-refractivity contribution is 6.06. The van der Waals surface area contributed by atoms with E-state index in [1.54, 1.807) is 31.2 Å². The van der Waals surface area contributed by atoms with Crippen LogP contribution in [0.5, 0.6) is 5.75 Å². The van der Waals surface area contributed by atoms with Gasteiger partial charge in [0, 0.05) is 0 Å². The summed E-state index contributed by atoms with van der Waals surface area (Å²) in [5.41, 5.74) is -0.263. The molecule has 1 atom stereocenters. The molecule has 1 aliphatic heterocycles. The quantitative estimate of drug-likeness (QED) is 0.835. The lowest BCUT2D eigenvalue weighted by Gasteiger charge is -2.19. The van der Waals surface area contributed by atoms with Crippen molar-refractivity contribution < 1.29 is 14.3 Å². The van der Waals surface area contributed by atoms with Crippen LogP contribution in [0.2, 0.25) is 0 Å². The minimum atomic E-state index is -0.814. The van der Waals surface area contributed by atoms with E-state index >= 15 is 0 Å². The average molecular weight is 287 g/mol. The van der Waals surface area contributed by atoms with Crippen LogP contribution in [0, 0.1) is 11.3 Å². The van der Waals surface area contributed by atoms with Crippen LogP contribution in [0.25, 0.3) is 0 Å². The van der Waals surface area contributed by atoms with Gasteiger partial charge in [0.25, 0.3) is 5.91 Å². The van der Waals surface area contributed by atoms with Crippen molar-refractivity contribution >= 4 is 11.9 Å². The highest BCUT2D eigenvalue weighted by Gasteiger charge is 2.46. The van der Waals surface area contributed by atoms with Crippen molar-refractivity contribution in [1.29, 1.82) is 5.26 Å². The Hall–Kier alpha value is -2.55. The van der Waals surface area contributed by atoms with Crippen molar-refractivity contribution in [3.8, 4) is 11.8 Å². The van der Waals surface area contributed by atoms with Crippen molar-refractivity contribution in [2.24, 2.45) is 0 Å². The SMILES string of the molecule is CCC1(C)NC(=O)N(CCOc2ccc(C#N)cc2)C1=O. The molecule has 0 bridgehead atoms. The van der Waals surface area contributed by atoms with E-state index in [1.807, 2.05) is 13.0 Å². The first kappa shape index (κ1) is 14.9. The molecule has 1 heterocycles. The van der Waals surface area contributed by atoms with Gasteiger partial charge in [-0.2, -0.15) is 5.26 Å². The van der Waals surface area contributed by atoms with Gasteiger partial charge < -0.3 is 10.1 Å². The molecule has 6 nitrogen and oxygen atoms in total. The summed E-state index contributed by atoms with van der Waals surface area (Å²) in [4.78, 5) is 25.1. The number of nitriles is 1. The average Bonchev–Trinajstić information content (AvgIpc) is 2.71. The second-order valence-electron chi connectivity index (χ2n) is 5.06. The topological polar surface area (TPSA) is 82.4 Å². The van der Waals surface area contributed by atoms with Gasteiger partial charge in [-0.3, -0.25) is 9.69 Å². The number of urea groups is 1. The fourth-order valence-electron chi connectivity index (χ4n) is 2.07. The number of benzene rings is 1. The number of hydrogen-bond donors (Lipinski definition) is 1. The number of imide groups is 1. The van der Waals surface area contributed by atoms with E-state index in [4.69, 9.17) is 10.00 Å². The van der Waals surface area contributed by atoms with Gasteiger partial charge in [0.2, 0.25) is 0 Å². The summed E-state index contributed by atoms with van der Waals surface area (Å²) < 4.78 is 5.48. The molecule has 1 aromatic carbocycles. The van der Waals surface area contributed by atoms with Crippen molar-refractivity contribution in [2.45, 2.75) is 25.8 Å². The fourth-order valence-corrected chi connectivity index (χ4v) is 2.07. The van der Waals surface area contributed by atoms with E-state index < -0.39 is 5.54 Å². The van der Waals surface area contributed by atoms with Crippen LogP contribution >= 0.6 is 0 Å². The Balaban J connectivity index is 1.90. The molecule has 1 fully saturated rings. The standard InChI is InChI=1S/C15H17N3O3/c1-3-15(2)13(19)18(14(20)17-15)8-9-21-12-6-4-11(10-16)5-7-12/h4-7H,3,8-9H2,1-2H3,(H,17,20). The van der Waals surface area contributed by atoms with Gasteiger partial charge >= 0.3 is 6.03 Å². The summed E-state index contributed by atoms with van der Waals surface area (Å²) in [5, 5.41) is 11.4. The predicted molar refractivity (Wildman–Crippen MR) is 75.6 cm³/mol. The fraction of sp³-hybridized carbons (Fsp3) is 0.400. The molecule has 1 unspecified atom stereocenters. The van der Waals surface area contributed by atoms with Gasteiger partial charge in [-0.15, -0.1) is 0 Å². The van der Waals surface area contributed by atoms with E-state index in [0.717, 1.165) is 0 Å². The Morgan fingerprint density at radius 1 is 1.33 bits per heavy atom. The first-order chi connectivity index (χ1) is 10.00. The summed E-state index contributed by atoms with van der Waals surface area (Å²) in [7, 11) is 0. The Morgan fingerprint density at radius 3 is 2.52 bits per heavy atom. The second kappa shape index (κ2) is 5.83. The van der Waals surface area contributed by atoms with Gasteiger partial charge in [-0.1, -0.05) is 6.92 Å². The molecule has 0 aliphatic carbocycles. The molecule has 21 heavy (non-hydrogen) atoms. The van der Waals surface area contributed by atoms with E-state index in [-0.39, 0.29) is 25.1 Å². The molecule has 6 heteroatoms. The van der Waals surface area contributed by atoms with Crippen LogP contribution in [-0.4, -0.2) is 35.5 Å². The largest absolute Gasteiger partial charge is 0.492 e. The van der Waals surface area contributed by atoms with Crippen LogP contribution in [0.1, 0.15) is 25.8 Å². The molecule has 1 saturated heterocycles. The molecule has 3 amide bonds. The van der Waals surface area contributed by atoms with Crippen molar-refractivity contribution in [2.75, 3.05) is 13.2 Å². The Kier molecular flexibility index (Phi) is 4.13. The van der Waals surface area contributed by atoms with E-state index in [2.05, 4.69) is 5.32 Å². The smallest absolute Gasteiger partial charge is 0.325 e. The van der Waals surface area contributed by atoms with Crippen LogP contribution in [-0.2, 0) is 4.79 Å². The molecule has 1 N–H and O–H groups in total. The third-order valence-electron chi connectivity index (χ3n) is 3.62. The van der Waals surface area contributed by atoms with Crippen LogP contribution in [0.15, 0.2) is 24.3 Å². The lowest BCUT2D eigenvalue weighted by atomic mass is 9.99. The highest BCUT2D eigenvalue weighted by Crippen LogP contribution is 2.20. The maximum Gasteiger partial charge on any atom is 0.325 e. The number of rotatable bonds is 5. The van der Waals surface area contributed by atoms with Crippen LogP contribution in [0.4, 0.5) is 4.79 Å².